The minimum absolute atomic E-state index is 0. The second-order valence-electron chi connectivity index (χ2n) is 4.97. The summed E-state index contributed by atoms with van der Waals surface area (Å²) in [6, 6.07) is 4.97. The van der Waals surface area contributed by atoms with E-state index in [2.05, 4.69) is 10.3 Å². The van der Waals surface area contributed by atoms with Gasteiger partial charge in [0.1, 0.15) is 0 Å². The number of amides is 1. The monoisotopic (exact) mass is 377 g/mol. The van der Waals surface area contributed by atoms with E-state index < -0.39 is 0 Å². The fourth-order valence-corrected chi connectivity index (χ4v) is 3.65. The summed E-state index contributed by atoms with van der Waals surface area (Å²) < 4.78 is 0. The number of rotatable bonds is 2. The molecular formula is C14H14Cl3N3OS. The molecule has 1 aliphatic carbocycles. The van der Waals surface area contributed by atoms with Gasteiger partial charge in [-0.3, -0.25) is 10.1 Å². The molecule has 0 unspecified atom stereocenters. The maximum absolute atomic E-state index is 12.2. The molecular weight excluding hydrogens is 365 g/mol. The first kappa shape index (κ1) is 17.5. The van der Waals surface area contributed by atoms with Gasteiger partial charge in [0.25, 0.3) is 5.91 Å². The van der Waals surface area contributed by atoms with Crippen LogP contribution in [-0.2, 0) is 12.8 Å². The largest absolute Gasteiger partial charge is 0.327 e. The molecule has 0 spiro atoms. The molecule has 1 heterocycles. The third kappa shape index (κ3) is 3.73. The summed E-state index contributed by atoms with van der Waals surface area (Å²) in [7, 11) is 0. The number of thiazole rings is 1. The minimum atomic E-state index is -0.246. The van der Waals surface area contributed by atoms with E-state index in [1.54, 1.807) is 18.2 Å². The van der Waals surface area contributed by atoms with Crippen LogP contribution in [0.5, 0.6) is 0 Å². The number of benzene rings is 1. The van der Waals surface area contributed by atoms with Crippen LogP contribution in [0, 0.1) is 0 Å². The molecule has 3 N–H and O–H groups in total. The van der Waals surface area contributed by atoms with Crippen LogP contribution in [0.15, 0.2) is 18.2 Å². The Morgan fingerprint density at radius 3 is 2.86 bits per heavy atom. The summed E-state index contributed by atoms with van der Waals surface area (Å²) in [5.74, 6) is -0.246. The van der Waals surface area contributed by atoms with Crippen molar-refractivity contribution in [1.29, 1.82) is 0 Å². The van der Waals surface area contributed by atoms with Crippen molar-refractivity contribution in [2.75, 3.05) is 5.32 Å². The fourth-order valence-electron chi connectivity index (χ4n) is 2.26. The number of nitrogens with zero attached hydrogens (tertiary/aromatic N) is 1. The van der Waals surface area contributed by atoms with Gasteiger partial charge in [-0.05, 0) is 37.5 Å². The molecule has 0 saturated heterocycles. The second-order valence-corrected chi connectivity index (χ2v) is 6.87. The van der Waals surface area contributed by atoms with Crippen LogP contribution in [0.1, 0.15) is 27.3 Å². The van der Waals surface area contributed by atoms with Gasteiger partial charge in [-0.1, -0.05) is 23.2 Å². The average molecular weight is 379 g/mol. The summed E-state index contributed by atoms with van der Waals surface area (Å²) in [5.41, 5.74) is 7.45. The number of hydrogen-bond acceptors (Lipinski definition) is 4. The first-order valence-corrected chi connectivity index (χ1v) is 8.10. The van der Waals surface area contributed by atoms with Crippen LogP contribution in [0.4, 0.5) is 5.13 Å². The average Bonchev–Trinajstić information content (AvgIpc) is 2.83. The third-order valence-corrected chi connectivity index (χ3v) is 5.15. The summed E-state index contributed by atoms with van der Waals surface area (Å²) >= 11 is 13.2. The first-order valence-electron chi connectivity index (χ1n) is 6.53. The lowest BCUT2D eigenvalue weighted by Gasteiger charge is -2.15. The van der Waals surface area contributed by atoms with Crippen LogP contribution in [-0.4, -0.2) is 16.9 Å². The van der Waals surface area contributed by atoms with Crippen LogP contribution < -0.4 is 11.1 Å². The molecule has 8 heteroatoms. The highest BCUT2D eigenvalue weighted by molar-refractivity contribution is 7.15. The Bertz CT molecular complexity index is 705. The molecule has 1 aromatic heterocycles. The van der Waals surface area contributed by atoms with Crippen molar-refractivity contribution in [3.8, 4) is 0 Å². The van der Waals surface area contributed by atoms with Gasteiger partial charge in [0.05, 0.1) is 15.7 Å². The summed E-state index contributed by atoms with van der Waals surface area (Å²) in [6.07, 6.45) is 2.64. The molecule has 0 saturated carbocycles. The lowest BCUT2D eigenvalue weighted by atomic mass is 9.99. The van der Waals surface area contributed by atoms with E-state index in [1.807, 2.05) is 0 Å². The zero-order valence-electron chi connectivity index (χ0n) is 11.4. The van der Waals surface area contributed by atoms with Crippen molar-refractivity contribution in [2.45, 2.75) is 25.3 Å². The number of anilines is 1. The molecule has 1 aromatic carbocycles. The van der Waals surface area contributed by atoms with Gasteiger partial charge in [0.15, 0.2) is 5.13 Å². The number of carbonyl (C=O) groups excluding carboxylic acids is 1. The van der Waals surface area contributed by atoms with Crippen molar-refractivity contribution in [3.05, 3.63) is 44.4 Å². The molecule has 4 nitrogen and oxygen atoms in total. The lowest BCUT2D eigenvalue weighted by Crippen LogP contribution is -2.27. The second kappa shape index (κ2) is 7.15. The molecule has 3 rings (SSSR count). The predicted molar refractivity (Wildman–Crippen MR) is 93.8 cm³/mol. The minimum Gasteiger partial charge on any atom is -0.327 e. The maximum atomic E-state index is 12.2. The Hall–Kier alpha value is -0.850. The fraction of sp³-hybridized carbons (Fsp3) is 0.286. The highest BCUT2D eigenvalue weighted by Gasteiger charge is 2.21. The molecule has 0 fully saturated rings. The smallest absolute Gasteiger partial charge is 0.257 e. The number of aryl methyl sites for hydroxylation is 1. The van der Waals surface area contributed by atoms with Crippen molar-refractivity contribution in [1.82, 2.24) is 4.98 Å². The summed E-state index contributed by atoms with van der Waals surface area (Å²) in [4.78, 5) is 17.8. The highest BCUT2D eigenvalue weighted by atomic mass is 35.5. The quantitative estimate of drug-likeness (QED) is 0.831. The normalized spacial score (nSPS) is 16.6. The Morgan fingerprint density at radius 1 is 1.36 bits per heavy atom. The Labute approximate surface area is 148 Å². The zero-order chi connectivity index (χ0) is 15.0. The summed E-state index contributed by atoms with van der Waals surface area (Å²) in [5, 5.41) is 4.18. The maximum Gasteiger partial charge on any atom is 0.257 e. The molecule has 1 aliphatic rings. The van der Waals surface area contributed by atoms with Gasteiger partial charge in [0.2, 0.25) is 0 Å². The molecule has 1 atom stereocenters. The van der Waals surface area contributed by atoms with Gasteiger partial charge >= 0.3 is 0 Å². The molecule has 22 heavy (non-hydrogen) atoms. The van der Waals surface area contributed by atoms with Crippen molar-refractivity contribution >= 4 is 58.0 Å². The lowest BCUT2D eigenvalue weighted by molar-refractivity contribution is 0.102. The molecule has 0 aliphatic heterocycles. The Kier molecular flexibility index (Phi) is 5.69. The number of nitrogens with one attached hydrogen (secondary N) is 1. The Balaban J connectivity index is 0.00000176. The van der Waals surface area contributed by atoms with E-state index in [1.165, 1.54) is 11.3 Å². The number of aromatic nitrogens is 1. The molecule has 1 amide bonds. The van der Waals surface area contributed by atoms with E-state index in [0.29, 0.717) is 20.7 Å². The highest BCUT2D eigenvalue weighted by Crippen LogP contribution is 2.30. The van der Waals surface area contributed by atoms with Crippen LogP contribution >= 0.6 is 46.9 Å². The standard InChI is InChI=1S/C14H13Cl2N3OS.ClH/c15-9-3-1-7(5-10(9)16)13(20)19-14-18-11-4-2-8(17)6-12(11)21-14;/h1,3,5,8H,2,4,6,17H2,(H,18,19,20);1H/t8-;/m0./s1. The van der Waals surface area contributed by atoms with Gasteiger partial charge in [-0.25, -0.2) is 4.98 Å². The van der Waals surface area contributed by atoms with Crippen molar-refractivity contribution in [3.63, 3.8) is 0 Å². The molecule has 0 bridgehead atoms. The molecule has 0 radical (unpaired) electrons. The zero-order valence-corrected chi connectivity index (χ0v) is 14.6. The summed E-state index contributed by atoms with van der Waals surface area (Å²) in [6.45, 7) is 0. The topological polar surface area (TPSA) is 68.0 Å². The predicted octanol–water partition coefficient (Wildman–Crippen LogP) is 3.94. The van der Waals surface area contributed by atoms with Gasteiger partial charge in [0, 0.05) is 16.5 Å². The van der Waals surface area contributed by atoms with Gasteiger partial charge in [-0.2, -0.15) is 0 Å². The number of hydrogen-bond donors (Lipinski definition) is 2. The van der Waals surface area contributed by atoms with Crippen LogP contribution in [0.2, 0.25) is 10.0 Å². The third-order valence-electron chi connectivity index (χ3n) is 3.38. The van der Waals surface area contributed by atoms with E-state index in [4.69, 9.17) is 28.9 Å². The van der Waals surface area contributed by atoms with Crippen molar-refractivity contribution in [2.24, 2.45) is 5.73 Å². The van der Waals surface area contributed by atoms with E-state index in [9.17, 15) is 4.79 Å². The van der Waals surface area contributed by atoms with Gasteiger partial charge in [-0.15, -0.1) is 23.7 Å². The Morgan fingerprint density at radius 2 is 2.14 bits per heavy atom. The molecule has 2 aromatic rings. The number of carbonyl (C=O) groups is 1. The molecule has 118 valence electrons. The van der Waals surface area contributed by atoms with Crippen molar-refractivity contribution < 1.29 is 4.79 Å². The first-order chi connectivity index (χ1) is 10.0. The van der Waals surface area contributed by atoms with Gasteiger partial charge < -0.3 is 5.73 Å². The van der Waals surface area contributed by atoms with E-state index in [-0.39, 0.29) is 24.4 Å². The van der Waals surface area contributed by atoms with Crippen LogP contribution in [0.25, 0.3) is 0 Å². The van der Waals surface area contributed by atoms with E-state index >= 15 is 0 Å². The number of fused-ring (bicyclic) bond motifs is 1. The number of halogens is 3. The number of nitrogens with two attached hydrogens (primary N) is 1. The van der Waals surface area contributed by atoms with Crippen LogP contribution in [0.3, 0.4) is 0 Å². The van der Waals surface area contributed by atoms with E-state index in [0.717, 1.165) is 29.8 Å². The SMILES string of the molecule is Cl.N[C@H]1CCc2nc(NC(=O)c3ccc(Cl)c(Cl)c3)sc2C1.